The van der Waals surface area contributed by atoms with Crippen molar-refractivity contribution in [1.29, 1.82) is 0 Å². The molecule has 0 radical (unpaired) electrons. The number of carbonyl (C=O) groups is 1. The van der Waals surface area contributed by atoms with Crippen LogP contribution in [0.5, 0.6) is 0 Å². The number of amides is 1. The van der Waals surface area contributed by atoms with Gasteiger partial charge in [-0.1, -0.05) is 12.1 Å². The van der Waals surface area contributed by atoms with Gasteiger partial charge in [0.1, 0.15) is 17.3 Å². The Hall–Kier alpha value is -3.35. The maximum Gasteiger partial charge on any atom is 0.270 e. The van der Waals surface area contributed by atoms with Crippen molar-refractivity contribution in [2.75, 3.05) is 5.32 Å². The summed E-state index contributed by atoms with van der Waals surface area (Å²) in [6.07, 6.45) is 5.20. The first-order valence-corrected chi connectivity index (χ1v) is 7.87. The minimum atomic E-state index is -0.263. The molecule has 0 aliphatic rings. The van der Waals surface area contributed by atoms with Gasteiger partial charge in [-0.3, -0.25) is 14.8 Å². The van der Waals surface area contributed by atoms with Crippen molar-refractivity contribution in [2.24, 2.45) is 0 Å². The lowest BCUT2D eigenvalue weighted by molar-refractivity contribution is 0.0945. The zero-order valence-electron chi connectivity index (χ0n) is 13.8. The summed E-state index contributed by atoms with van der Waals surface area (Å²) in [4.78, 5) is 29.1. The van der Waals surface area contributed by atoms with Crippen LogP contribution in [0.4, 0.5) is 5.82 Å². The number of aromatic nitrogens is 4. The van der Waals surface area contributed by atoms with Gasteiger partial charge in [-0.25, -0.2) is 9.97 Å². The van der Waals surface area contributed by atoms with Crippen LogP contribution in [0.15, 0.2) is 55.0 Å². The van der Waals surface area contributed by atoms with Crippen LogP contribution in [0.2, 0.25) is 0 Å². The molecule has 1 amide bonds. The van der Waals surface area contributed by atoms with Crippen LogP contribution in [0.3, 0.4) is 0 Å². The highest BCUT2D eigenvalue weighted by Gasteiger charge is 2.10. The van der Waals surface area contributed by atoms with Crippen molar-refractivity contribution < 1.29 is 4.79 Å². The molecule has 0 saturated carbocycles. The summed E-state index contributed by atoms with van der Waals surface area (Å²) in [5.74, 6) is 0.860. The second-order valence-corrected chi connectivity index (χ2v) is 5.40. The Morgan fingerprint density at radius 3 is 2.76 bits per heavy atom. The molecule has 0 fully saturated rings. The first-order valence-electron chi connectivity index (χ1n) is 7.87. The summed E-state index contributed by atoms with van der Waals surface area (Å²) in [5, 5.41) is 6.00. The van der Waals surface area contributed by atoms with Gasteiger partial charge < -0.3 is 10.6 Å². The van der Waals surface area contributed by atoms with Crippen molar-refractivity contribution >= 4 is 11.7 Å². The van der Waals surface area contributed by atoms with E-state index in [-0.39, 0.29) is 5.91 Å². The molecule has 0 atom stereocenters. The van der Waals surface area contributed by atoms with Crippen LogP contribution >= 0.6 is 0 Å². The summed E-state index contributed by atoms with van der Waals surface area (Å²) in [6, 6.07) is 11.0. The van der Waals surface area contributed by atoms with Gasteiger partial charge in [0, 0.05) is 31.2 Å². The van der Waals surface area contributed by atoms with Gasteiger partial charge in [0.15, 0.2) is 0 Å². The third-order valence-electron chi connectivity index (χ3n) is 3.42. The quantitative estimate of drug-likeness (QED) is 0.717. The Labute approximate surface area is 145 Å². The number of anilines is 1. The van der Waals surface area contributed by atoms with Gasteiger partial charge in [0.2, 0.25) is 0 Å². The Balaban J connectivity index is 1.65. The van der Waals surface area contributed by atoms with Crippen LogP contribution in [0.1, 0.15) is 27.6 Å². The molecule has 3 aromatic heterocycles. The van der Waals surface area contributed by atoms with Crippen LogP contribution in [0.25, 0.3) is 0 Å². The maximum absolute atomic E-state index is 12.3. The molecule has 0 spiro atoms. The van der Waals surface area contributed by atoms with Gasteiger partial charge in [-0.15, -0.1) is 0 Å². The number of carbonyl (C=O) groups excluding carboxylic acids is 1. The summed E-state index contributed by atoms with van der Waals surface area (Å²) < 4.78 is 0. The van der Waals surface area contributed by atoms with Crippen LogP contribution in [-0.2, 0) is 13.1 Å². The molecule has 0 aliphatic heterocycles. The largest absolute Gasteiger partial charge is 0.366 e. The topological polar surface area (TPSA) is 92.7 Å². The van der Waals surface area contributed by atoms with Crippen molar-refractivity contribution in [3.63, 3.8) is 0 Å². The average molecular weight is 334 g/mol. The number of aryl methyl sites for hydroxylation is 1. The molecular formula is C18H18N6O. The molecule has 0 saturated heterocycles. The van der Waals surface area contributed by atoms with Crippen molar-refractivity contribution in [3.05, 3.63) is 77.8 Å². The van der Waals surface area contributed by atoms with E-state index in [9.17, 15) is 4.79 Å². The van der Waals surface area contributed by atoms with Crippen LogP contribution in [0, 0.1) is 6.92 Å². The first-order chi connectivity index (χ1) is 12.2. The predicted octanol–water partition coefficient (Wildman–Crippen LogP) is 2.12. The van der Waals surface area contributed by atoms with E-state index in [2.05, 4.69) is 30.6 Å². The number of hydrogen-bond acceptors (Lipinski definition) is 6. The standard InChI is InChI=1S/C18H18N6O/c1-13-23-16(18(25)22-12-15-6-2-3-8-20-15)9-17(24-13)21-11-14-5-4-7-19-10-14/h2-10H,11-12H2,1H3,(H,22,25)(H,21,23,24). The monoisotopic (exact) mass is 334 g/mol. The van der Waals surface area contributed by atoms with Crippen LogP contribution < -0.4 is 10.6 Å². The third-order valence-corrected chi connectivity index (χ3v) is 3.42. The lowest BCUT2D eigenvalue weighted by Gasteiger charge is -2.09. The van der Waals surface area contributed by atoms with E-state index in [1.165, 1.54) is 0 Å². The third kappa shape index (κ3) is 4.81. The van der Waals surface area contributed by atoms with E-state index in [1.54, 1.807) is 31.6 Å². The van der Waals surface area contributed by atoms with E-state index >= 15 is 0 Å². The molecule has 3 rings (SSSR count). The number of rotatable bonds is 6. The minimum Gasteiger partial charge on any atom is -0.366 e. The number of nitrogens with one attached hydrogen (secondary N) is 2. The molecule has 2 N–H and O–H groups in total. The zero-order valence-corrected chi connectivity index (χ0v) is 13.8. The fraction of sp³-hybridized carbons (Fsp3) is 0.167. The lowest BCUT2D eigenvalue weighted by atomic mass is 10.3. The average Bonchev–Trinajstić information content (AvgIpc) is 2.66. The van der Waals surface area contributed by atoms with Crippen molar-refractivity contribution in [1.82, 2.24) is 25.3 Å². The second kappa shape index (κ2) is 7.96. The highest BCUT2D eigenvalue weighted by atomic mass is 16.1. The first kappa shape index (κ1) is 16.5. The van der Waals surface area contributed by atoms with E-state index in [1.807, 2.05) is 30.3 Å². The molecule has 0 unspecified atom stereocenters. The number of hydrogen-bond donors (Lipinski definition) is 2. The molecule has 0 aliphatic carbocycles. The molecule has 126 valence electrons. The molecular weight excluding hydrogens is 316 g/mol. The SMILES string of the molecule is Cc1nc(NCc2cccnc2)cc(C(=O)NCc2ccccn2)n1. The Kier molecular flexibility index (Phi) is 5.26. The summed E-state index contributed by atoms with van der Waals surface area (Å²) >= 11 is 0. The lowest BCUT2D eigenvalue weighted by Crippen LogP contribution is -2.25. The maximum atomic E-state index is 12.3. The fourth-order valence-electron chi connectivity index (χ4n) is 2.23. The minimum absolute atomic E-state index is 0.263. The molecule has 0 aromatic carbocycles. The van der Waals surface area contributed by atoms with Gasteiger partial charge in [0.25, 0.3) is 5.91 Å². The molecule has 7 nitrogen and oxygen atoms in total. The van der Waals surface area contributed by atoms with Gasteiger partial charge >= 0.3 is 0 Å². The number of nitrogens with zero attached hydrogens (tertiary/aromatic N) is 4. The molecule has 7 heteroatoms. The molecule has 25 heavy (non-hydrogen) atoms. The summed E-state index contributed by atoms with van der Waals surface area (Å²) in [7, 11) is 0. The highest BCUT2D eigenvalue weighted by molar-refractivity contribution is 5.92. The van der Waals surface area contributed by atoms with Crippen molar-refractivity contribution in [3.8, 4) is 0 Å². The molecule has 3 aromatic rings. The Morgan fingerprint density at radius 1 is 1.08 bits per heavy atom. The van der Waals surface area contributed by atoms with E-state index in [0.717, 1.165) is 11.3 Å². The zero-order chi connectivity index (χ0) is 17.5. The smallest absolute Gasteiger partial charge is 0.270 e. The predicted molar refractivity (Wildman–Crippen MR) is 93.7 cm³/mol. The summed E-state index contributed by atoms with van der Waals surface area (Å²) in [5.41, 5.74) is 2.13. The fourth-order valence-corrected chi connectivity index (χ4v) is 2.23. The van der Waals surface area contributed by atoms with E-state index < -0.39 is 0 Å². The van der Waals surface area contributed by atoms with Gasteiger partial charge in [-0.2, -0.15) is 0 Å². The molecule has 3 heterocycles. The second-order valence-electron chi connectivity index (χ2n) is 5.40. The van der Waals surface area contributed by atoms with Crippen molar-refractivity contribution in [2.45, 2.75) is 20.0 Å². The normalized spacial score (nSPS) is 10.3. The summed E-state index contributed by atoms with van der Waals surface area (Å²) in [6.45, 7) is 2.67. The Bertz CT molecular complexity index is 839. The molecule has 0 bridgehead atoms. The van der Waals surface area contributed by atoms with Gasteiger partial charge in [0.05, 0.1) is 12.2 Å². The van der Waals surface area contributed by atoms with Gasteiger partial charge in [-0.05, 0) is 30.7 Å². The van der Waals surface area contributed by atoms with Crippen LogP contribution in [-0.4, -0.2) is 25.8 Å². The van der Waals surface area contributed by atoms with E-state index in [4.69, 9.17) is 0 Å². The highest BCUT2D eigenvalue weighted by Crippen LogP contribution is 2.09. The Morgan fingerprint density at radius 2 is 2.00 bits per heavy atom. The number of pyridine rings is 2. The van der Waals surface area contributed by atoms with E-state index in [0.29, 0.717) is 30.4 Å².